The molecule has 3 aromatic rings. The van der Waals surface area contributed by atoms with Crippen LogP contribution in [0.2, 0.25) is 0 Å². The van der Waals surface area contributed by atoms with Crippen LogP contribution in [0.5, 0.6) is 0 Å². The molecular weight excluding hydrogens is 390 g/mol. The van der Waals surface area contributed by atoms with Crippen molar-refractivity contribution in [1.82, 2.24) is 34.5 Å². The Labute approximate surface area is 172 Å². The van der Waals surface area contributed by atoms with E-state index in [1.807, 2.05) is 4.90 Å². The van der Waals surface area contributed by atoms with E-state index in [9.17, 15) is 4.79 Å². The Kier molecular flexibility index (Phi) is 5.15. The van der Waals surface area contributed by atoms with Crippen LogP contribution in [-0.2, 0) is 22.6 Å². The van der Waals surface area contributed by atoms with Crippen molar-refractivity contribution >= 4 is 11.6 Å². The summed E-state index contributed by atoms with van der Waals surface area (Å²) in [5, 5.41) is 8.07. The van der Waals surface area contributed by atoms with Gasteiger partial charge in [0.05, 0.1) is 31.4 Å². The maximum absolute atomic E-state index is 13.3. The molecule has 2 aliphatic rings. The second-order valence-corrected chi connectivity index (χ2v) is 7.73. The second kappa shape index (κ2) is 8.09. The Morgan fingerprint density at radius 2 is 2.20 bits per heavy atom. The summed E-state index contributed by atoms with van der Waals surface area (Å²) in [4.78, 5) is 26.0. The van der Waals surface area contributed by atoms with Crippen molar-refractivity contribution in [3.8, 4) is 0 Å². The normalized spacial score (nSPS) is 22.4. The molecule has 30 heavy (non-hydrogen) atoms. The van der Waals surface area contributed by atoms with Crippen LogP contribution in [0.4, 0.5) is 0 Å². The average molecular weight is 413 g/mol. The molecule has 2 atom stereocenters. The van der Waals surface area contributed by atoms with E-state index in [2.05, 4.69) is 25.1 Å². The molecule has 0 aromatic carbocycles. The van der Waals surface area contributed by atoms with E-state index in [1.165, 1.54) is 6.33 Å². The monoisotopic (exact) mass is 413 g/mol. The van der Waals surface area contributed by atoms with E-state index in [-0.39, 0.29) is 17.9 Å². The van der Waals surface area contributed by atoms with Crippen molar-refractivity contribution in [2.75, 3.05) is 40.0 Å². The van der Waals surface area contributed by atoms with Gasteiger partial charge in [-0.05, 0) is 12.1 Å². The fourth-order valence-corrected chi connectivity index (χ4v) is 4.16. The molecule has 1 amide bonds. The summed E-state index contributed by atoms with van der Waals surface area (Å²) in [5.74, 6) is 1.27. The van der Waals surface area contributed by atoms with E-state index >= 15 is 0 Å². The Morgan fingerprint density at radius 3 is 3.10 bits per heavy atom. The largest absolute Gasteiger partial charge is 0.379 e. The third-order valence-electron chi connectivity index (χ3n) is 5.47. The molecule has 0 aliphatic carbocycles. The first-order valence-corrected chi connectivity index (χ1v) is 9.90. The van der Waals surface area contributed by atoms with E-state index in [1.54, 1.807) is 30.0 Å². The first-order chi connectivity index (χ1) is 14.7. The fraction of sp³-hybridized carbons (Fsp3) is 0.526. The number of aromatic nitrogens is 5. The van der Waals surface area contributed by atoms with Gasteiger partial charge in [-0.25, -0.2) is 9.50 Å². The topological polar surface area (TPSA) is 111 Å². The molecule has 2 aliphatic heterocycles. The van der Waals surface area contributed by atoms with Crippen LogP contribution < -0.4 is 0 Å². The van der Waals surface area contributed by atoms with Crippen LogP contribution in [0.15, 0.2) is 29.2 Å². The van der Waals surface area contributed by atoms with Gasteiger partial charge in [0.25, 0.3) is 5.91 Å². The molecule has 2 bridgehead atoms. The Morgan fingerprint density at radius 1 is 1.27 bits per heavy atom. The van der Waals surface area contributed by atoms with Crippen molar-refractivity contribution in [3.05, 3.63) is 41.9 Å². The average Bonchev–Trinajstić information content (AvgIpc) is 3.28. The highest BCUT2D eigenvalue weighted by Gasteiger charge is 2.36. The Bertz CT molecular complexity index is 1030. The highest BCUT2D eigenvalue weighted by Crippen LogP contribution is 2.23. The van der Waals surface area contributed by atoms with Crippen molar-refractivity contribution in [3.63, 3.8) is 0 Å². The van der Waals surface area contributed by atoms with Gasteiger partial charge in [-0.1, -0.05) is 5.16 Å². The van der Waals surface area contributed by atoms with Crippen LogP contribution in [0.3, 0.4) is 0 Å². The number of hydrogen-bond acceptors (Lipinski definition) is 9. The minimum absolute atomic E-state index is 0.0186. The minimum Gasteiger partial charge on any atom is -0.379 e. The first kappa shape index (κ1) is 19.1. The number of rotatable bonds is 5. The predicted octanol–water partition coefficient (Wildman–Crippen LogP) is 0.232. The SMILES string of the molecule is COCc1noc(CN2C[C@@H]3COC[C@H](C2)N(C(=O)c2ccc4ncnn4c2)C3)n1. The van der Waals surface area contributed by atoms with Gasteiger partial charge in [0.2, 0.25) is 5.89 Å². The van der Waals surface area contributed by atoms with E-state index in [0.717, 1.165) is 6.54 Å². The summed E-state index contributed by atoms with van der Waals surface area (Å²) in [6, 6.07) is 3.55. The van der Waals surface area contributed by atoms with Gasteiger partial charge in [-0.3, -0.25) is 9.69 Å². The number of fused-ring (bicyclic) bond motifs is 4. The van der Waals surface area contributed by atoms with Gasteiger partial charge in [-0.2, -0.15) is 10.1 Å². The van der Waals surface area contributed by atoms with Crippen LogP contribution in [0.1, 0.15) is 22.1 Å². The fourth-order valence-electron chi connectivity index (χ4n) is 4.16. The number of nitrogens with zero attached hydrogens (tertiary/aromatic N) is 7. The lowest BCUT2D eigenvalue weighted by molar-refractivity contribution is 0.0403. The molecule has 0 spiro atoms. The lowest BCUT2D eigenvalue weighted by Gasteiger charge is -2.30. The lowest BCUT2D eigenvalue weighted by Crippen LogP contribution is -2.46. The number of carbonyl (C=O) groups excluding carboxylic acids is 1. The quantitative estimate of drug-likeness (QED) is 0.580. The first-order valence-electron chi connectivity index (χ1n) is 9.90. The van der Waals surface area contributed by atoms with Gasteiger partial charge >= 0.3 is 0 Å². The lowest BCUT2D eigenvalue weighted by atomic mass is 10.1. The zero-order valence-electron chi connectivity index (χ0n) is 16.7. The van der Waals surface area contributed by atoms with Gasteiger partial charge in [0, 0.05) is 38.9 Å². The van der Waals surface area contributed by atoms with Crippen molar-refractivity contribution < 1.29 is 18.8 Å². The molecule has 11 nitrogen and oxygen atoms in total. The maximum atomic E-state index is 13.3. The van der Waals surface area contributed by atoms with Crippen LogP contribution in [0, 0.1) is 5.92 Å². The summed E-state index contributed by atoms with van der Waals surface area (Å²) < 4.78 is 17.9. The summed E-state index contributed by atoms with van der Waals surface area (Å²) >= 11 is 0. The predicted molar refractivity (Wildman–Crippen MR) is 102 cm³/mol. The second-order valence-electron chi connectivity index (χ2n) is 7.73. The standard InChI is InChI=1S/C19H23N7O4/c1-28-11-16-22-18(30-23-16)8-24-4-13-5-25(15(7-24)10-29-9-13)19(27)14-2-3-17-20-12-21-26(17)6-14/h2-3,6,12-13,15H,4-5,7-11H2,1H3/t13-,15-/m0/s1. The van der Waals surface area contributed by atoms with E-state index < -0.39 is 0 Å². The molecular formula is C19H23N7O4. The molecule has 2 saturated heterocycles. The minimum atomic E-state index is -0.0576. The number of pyridine rings is 1. The van der Waals surface area contributed by atoms with Crippen LogP contribution in [-0.4, -0.2) is 86.4 Å². The summed E-state index contributed by atoms with van der Waals surface area (Å²) in [6.45, 7) is 4.10. The number of methoxy groups -OCH3 is 1. The summed E-state index contributed by atoms with van der Waals surface area (Å²) in [7, 11) is 1.60. The number of carbonyl (C=O) groups is 1. The smallest absolute Gasteiger partial charge is 0.255 e. The molecule has 11 heteroatoms. The van der Waals surface area contributed by atoms with Crippen LogP contribution in [0.25, 0.3) is 5.65 Å². The maximum Gasteiger partial charge on any atom is 0.255 e. The number of amides is 1. The number of ether oxygens (including phenoxy) is 2. The van der Waals surface area contributed by atoms with Crippen molar-refractivity contribution in [2.24, 2.45) is 5.92 Å². The third-order valence-corrected chi connectivity index (χ3v) is 5.47. The van der Waals surface area contributed by atoms with Gasteiger partial charge in [0.15, 0.2) is 11.5 Å². The molecule has 3 aromatic heterocycles. The van der Waals surface area contributed by atoms with Gasteiger partial charge < -0.3 is 18.9 Å². The molecule has 0 saturated carbocycles. The van der Waals surface area contributed by atoms with E-state index in [0.29, 0.717) is 62.4 Å². The van der Waals surface area contributed by atoms with Crippen LogP contribution >= 0.6 is 0 Å². The van der Waals surface area contributed by atoms with E-state index in [4.69, 9.17) is 14.0 Å². The highest BCUT2D eigenvalue weighted by atomic mass is 16.5. The van der Waals surface area contributed by atoms with Gasteiger partial charge in [0.1, 0.15) is 12.9 Å². The molecule has 5 rings (SSSR count). The molecule has 5 heterocycles. The highest BCUT2D eigenvalue weighted by molar-refractivity contribution is 5.94. The van der Waals surface area contributed by atoms with Crippen molar-refractivity contribution in [2.45, 2.75) is 19.2 Å². The molecule has 2 fully saturated rings. The number of hydrogen-bond donors (Lipinski definition) is 0. The molecule has 0 N–H and O–H groups in total. The Hall–Kier alpha value is -2.89. The zero-order valence-corrected chi connectivity index (χ0v) is 16.7. The summed E-state index contributed by atoms with van der Waals surface area (Å²) in [6.07, 6.45) is 3.21. The zero-order chi connectivity index (χ0) is 20.5. The third kappa shape index (κ3) is 3.78. The summed E-state index contributed by atoms with van der Waals surface area (Å²) in [5.41, 5.74) is 1.30. The molecule has 0 unspecified atom stereocenters. The van der Waals surface area contributed by atoms with Crippen molar-refractivity contribution in [1.29, 1.82) is 0 Å². The van der Waals surface area contributed by atoms with Gasteiger partial charge in [-0.15, -0.1) is 0 Å². The molecule has 158 valence electrons. The Balaban J connectivity index is 1.34. The molecule has 0 radical (unpaired) electrons.